The van der Waals surface area contributed by atoms with Crippen molar-refractivity contribution < 1.29 is 4.79 Å². The third-order valence-corrected chi connectivity index (χ3v) is 0.968. The van der Waals surface area contributed by atoms with Crippen molar-refractivity contribution >= 4 is 21.9 Å². The molecule has 0 bridgehead atoms. The van der Waals surface area contributed by atoms with E-state index in [4.69, 9.17) is 0 Å². The van der Waals surface area contributed by atoms with Crippen LogP contribution in [0.15, 0.2) is 0 Å². The van der Waals surface area contributed by atoms with Gasteiger partial charge in [0.15, 0.2) is 0 Å². The van der Waals surface area contributed by atoms with Crippen molar-refractivity contribution in [2.75, 3.05) is 6.54 Å². The van der Waals surface area contributed by atoms with E-state index in [0.29, 0.717) is 6.42 Å². The Morgan fingerprint density at radius 3 is 2.57 bits per heavy atom. The summed E-state index contributed by atoms with van der Waals surface area (Å²) in [7, 11) is 0. The first-order chi connectivity index (χ1) is 3.27. The third kappa shape index (κ3) is 6.11. The van der Waals surface area contributed by atoms with E-state index < -0.39 is 0 Å². The summed E-state index contributed by atoms with van der Waals surface area (Å²) in [6, 6.07) is 0. The largest absolute Gasteiger partial charge is 0.300 e. The number of hydrogen-bond donors (Lipinski definition) is 1. The summed E-state index contributed by atoms with van der Waals surface area (Å²) in [5.41, 5.74) is 0. The van der Waals surface area contributed by atoms with Crippen molar-refractivity contribution in [1.82, 2.24) is 4.34 Å². The highest BCUT2D eigenvalue weighted by atomic mass is 79.9. The minimum Gasteiger partial charge on any atom is -0.300 e. The van der Waals surface area contributed by atoms with Gasteiger partial charge in [0.2, 0.25) is 0 Å². The number of rotatable bonds is 3. The second kappa shape index (κ2) is 4.27. The zero-order valence-corrected chi connectivity index (χ0v) is 5.79. The molecule has 0 heterocycles. The number of carbonyl (C=O) groups is 1. The van der Waals surface area contributed by atoms with E-state index in [0.717, 1.165) is 6.54 Å². The Hall–Kier alpha value is 0.110. The molecule has 0 atom stereocenters. The van der Waals surface area contributed by atoms with E-state index >= 15 is 0 Å². The molecule has 0 aromatic heterocycles. The highest BCUT2D eigenvalue weighted by molar-refractivity contribution is 9.08. The van der Waals surface area contributed by atoms with Crippen LogP contribution in [-0.4, -0.2) is 12.3 Å². The van der Waals surface area contributed by atoms with Gasteiger partial charge < -0.3 is 0 Å². The van der Waals surface area contributed by atoms with Crippen LogP contribution in [0, 0.1) is 0 Å². The molecule has 0 saturated carbocycles. The minimum absolute atomic E-state index is 0.215. The molecule has 0 amide bonds. The molecule has 0 aromatic rings. The summed E-state index contributed by atoms with van der Waals surface area (Å²) in [5, 5.41) is 0. The van der Waals surface area contributed by atoms with Crippen LogP contribution in [0.3, 0.4) is 0 Å². The molecule has 0 aliphatic carbocycles. The molecular weight excluding hydrogens is 158 g/mol. The van der Waals surface area contributed by atoms with Crippen molar-refractivity contribution in [2.45, 2.75) is 13.3 Å². The minimum atomic E-state index is 0.215. The maximum absolute atomic E-state index is 10.1. The standard InChI is InChI=1S/C4H8BrNO/c1-4(7)2-3-6-5/h6H,2-3H2,1H3. The van der Waals surface area contributed by atoms with Crippen LogP contribution in [0.25, 0.3) is 0 Å². The summed E-state index contributed by atoms with van der Waals surface area (Å²) in [5.74, 6) is 0.215. The van der Waals surface area contributed by atoms with Gasteiger partial charge in [-0.15, -0.1) is 0 Å². The Morgan fingerprint density at radius 1 is 1.86 bits per heavy atom. The van der Waals surface area contributed by atoms with Crippen molar-refractivity contribution in [3.8, 4) is 0 Å². The maximum atomic E-state index is 10.1. The van der Waals surface area contributed by atoms with Gasteiger partial charge in [-0.25, -0.2) is 0 Å². The highest BCUT2D eigenvalue weighted by Gasteiger charge is 1.87. The monoisotopic (exact) mass is 165 g/mol. The van der Waals surface area contributed by atoms with Crippen molar-refractivity contribution in [3.05, 3.63) is 0 Å². The Labute approximate surface area is 51.6 Å². The molecule has 42 valence electrons. The lowest BCUT2D eigenvalue weighted by molar-refractivity contribution is -0.116. The van der Waals surface area contributed by atoms with E-state index in [1.165, 1.54) is 0 Å². The third-order valence-electron chi connectivity index (χ3n) is 0.572. The first-order valence-corrected chi connectivity index (χ1v) is 2.89. The molecule has 0 spiro atoms. The van der Waals surface area contributed by atoms with Gasteiger partial charge in [-0.1, -0.05) is 0 Å². The van der Waals surface area contributed by atoms with Gasteiger partial charge in [-0.2, -0.15) is 0 Å². The highest BCUT2D eigenvalue weighted by Crippen LogP contribution is 1.78. The average Bonchev–Trinajstić information content (AvgIpc) is 1.61. The van der Waals surface area contributed by atoms with Gasteiger partial charge in [0, 0.05) is 29.1 Å². The number of Topliss-reactive ketones (excluding diaryl/α,β-unsaturated/α-hetero) is 1. The molecule has 0 aliphatic rings. The molecule has 7 heavy (non-hydrogen) atoms. The summed E-state index contributed by atoms with van der Waals surface area (Å²) in [4.78, 5) is 10.1. The molecule has 1 N–H and O–H groups in total. The molecule has 0 aromatic carbocycles. The Balaban J connectivity index is 2.82. The number of carbonyl (C=O) groups excluding carboxylic acids is 1. The topological polar surface area (TPSA) is 29.1 Å². The normalized spacial score (nSPS) is 8.86. The number of ketones is 1. The first kappa shape index (κ1) is 7.11. The molecule has 0 saturated heterocycles. The number of hydrogen-bond acceptors (Lipinski definition) is 2. The lowest BCUT2D eigenvalue weighted by Gasteiger charge is -1.88. The van der Waals surface area contributed by atoms with Gasteiger partial charge in [-0.3, -0.25) is 9.14 Å². The van der Waals surface area contributed by atoms with Crippen molar-refractivity contribution in [2.24, 2.45) is 0 Å². The van der Waals surface area contributed by atoms with Gasteiger partial charge in [-0.05, 0) is 6.92 Å². The average molecular weight is 166 g/mol. The second-order valence-electron chi connectivity index (χ2n) is 1.34. The molecule has 3 heteroatoms. The first-order valence-electron chi connectivity index (χ1n) is 2.10. The molecule has 0 unspecified atom stereocenters. The Kier molecular flexibility index (Phi) is 4.34. The zero-order chi connectivity index (χ0) is 5.70. The molecule has 2 nitrogen and oxygen atoms in total. The second-order valence-corrected chi connectivity index (χ2v) is 1.90. The van der Waals surface area contributed by atoms with Crippen LogP contribution in [0.4, 0.5) is 0 Å². The summed E-state index contributed by atoms with van der Waals surface area (Å²) in [6.07, 6.45) is 0.602. The van der Waals surface area contributed by atoms with Gasteiger partial charge in [0.1, 0.15) is 5.78 Å². The van der Waals surface area contributed by atoms with Crippen LogP contribution < -0.4 is 4.34 Å². The number of nitrogens with one attached hydrogen (secondary N) is 1. The lowest BCUT2D eigenvalue weighted by atomic mass is 10.3. The van der Waals surface area contributed by atoms with E-state index in [9.17, 15) is 4.79 Å². The molecule has 0 fully saturated rings. The van der Waals surface area contributed by atoms with Crippen LogP contribution >= 0.6 is 16.1 Å². The van der Waals surface area contributed by atoms with Gasteiger partial charge >= 0.3 is 0 Å². The molecule has 0 rings (SSSR count). The fourth-order valence-electron chi connectivity index (χ4n) is 0.223. The predicted octanol–water partition coefficient (Wildman–Crippen LogP) is 0.865. The van der Waals surface area contributed by atoms with E-state index in [1.54, 1.807) is 6.92 Å². The quantitative estimate of drug-likeness (QED) is 0.630. The number of halogens is 1. The fraction of sp³-hybridized carbons (Fsp3) is 0.750. The van der Waals surface area contributed by atoms with Crippen molar-refractivity contribution in [3.63, 3.8) is 0 Å². The summed E-state index contributed by atoms with van der Waals surface area (Å²) in [6.45, 7) is 2.29. The van der Waals surface area contributed by atoms with Crippen molar-refractivity contribution in [1.29, 1.82) is 0 Å². The summed E-state index contributed by atoms with van der Waals surface area (Å²) < 4.78 is 2.69. The van der Waals surface area contributed by atoms with Crippen LogP contribution in [0.2, 0.25) is 0 Å². The SMILES string of the molecule is CC(=O)CCNBr. The van der Waals surface area contributed by atoms with E-state index in [-0.39, 0.29) is 5.78 Å². The summed E-state index contributed by atoms with van der Waals surface area (Å²) >= 11 is 2.98. The van der Waals surface area contributed by atoms with Crippen LogP contribution in [-0.2, 0) is 4.79 Å². The van der Waals surface area contributed by atoms with E-state index in [2.05, 4.69) is 20.5 Å². The van der Waals surface area contributed by atoms with Crippen LogP contribution in [0.1, 0.15) is 13.3 Å². The fourth-order valence-corrected chi connectivity index (χ4v) is 0.422. The van der Waals surface area contributed by atoms with E-state index in [1.807, 2.05) is 0 Å². The molecule has 0 radical (unpaired) electrons. The smallest absolute Gasteiger partial charge is 0.131 e. The van der Waals surface area contributed by atoms with Gasteiger partial charge in [0.25, 0.3) is 0 Å². The predicted molar refractivity (Wildman–Crippen MR) is 32.2 cm³/mol. The van der Waals surface area contributed by atoms with Gasteiger partial charge in [0.05, 0.1) is 0 Å². The maximum Gasteiger partial charge on any atom is 0.131 e. The molecule has 0 aliphatic heterocycles. The Bertz CT molecular complexity index is 64.7. The van der Waals surface area contributed by atoms with Crippen LogP contribution in [0.5, 0.6) is 0 Å². The Morgan fingerprint density at radius 2 is 2.43 bits per heavy atom. The zero-order valence-electron chi connectivity index (χ0n) is 4.20. The lowest BCUT2D eigenvalue weighted by Crippen LogP contribution is -2.04. The molecular formula is C4H8BrNO.